The molecule has 5 atom stereocenters. The molecule has 0 aromatic heterocycles. The molecular formula is C32H42O4. The van der Waals surface area contributed by atoms with Crippen LogP contribution in [0.1, 0.15) is 92.9 Å². The van der Waals surface area contributed by atoms with E-state index in [2.05, 4.69) is 45.9 Å². The van der Waals surface area contributed by atoms with Gasteiger partial charge in [-0.2, -0.15) is 0 Å². The lowest BCUT2D eigenvalue weighted by atomic mass is 9.43. The Labute approximate surface area is 216 Å². The van der Waals surface area contributed by atoms with Crippen molar-refractivity contribution in [2.45, 2.75) is 92.9 Å². The minimum Gasteiger partial charge on any atom is -0.422 e. The Bertz CT molecular complexity index is 1180. The largest absolute Gasteiger partial charge is 0.422 e. The van der Waals surface area contributed by atoms with Crippen LogP contribution in [0.3, 0.4) is 0 Å². The number of ether oxygens (including phenoxy) is 1. The van der Waals surface area contributed by atoms with Gasteiger partial charge in [-0.25, -0.2) is 0 Å². The number of allylic oxidation sites excluding steroid dienone is 9. The highest BCUT2D eigenvalue weighted by Crippen LogP contribution is 2.68. The third kappa shape index (κ3) is 3.58. The van der Waals surface area contributed by atoms with Gasteiger partial charge in [0.25, 0.3) is 0 Å². The van der Waals surface area contributed by atoms with Gasteiger partial charge in [-0.3, -0.25) is 9.59 Å². The van der Waals surface area contributed by atoms with E-state index in [-0.39, 0.29) is 40.4 Å². The van der Waals surface area contributed by atoms with Gasteiger partial charge >= 0.3 is 5.97 Å². The second-order valence-electron chi connectivity index (χ2n) is 13.2. The zero-order valence-corrected chi connectivity index (χ0v) is 22.9. The highest BCUT2D eigenvalue weighted by Gasteiger charge is 2.58. The lowest BCUT2D eigenvalue weighted by Gasteiger charge is -2.61. The number of carbonyl (C=O) groups is 2. The lowest BCUT2D eigenvalue weighted by molar-refractivity contribution is -0.142. The SMILES string of the molecule is CCCC(=O)OC1=C(C)C2=CC=C3[C@@](C)(CC=C4[C@@H]5C[C@](C)(CO)CC[C@]5(C)CC[C@@]43C)C2=CC1=O. The lowest BCUT2D eigenvalue weighted by Crippen LogP contribution is -2.51. The molecule has 0 unspecified atom stereocenters. The number of hydrogen-bond donors (Lipinski definition) is 1. The fourth-order valence-corrected chi connectivity index (χ4v) is 8.03. The van der Waals surface area contributed by atoms with E-state index in [1.54, 1.807) is 11.6 Å². The second-order valence-corrected chi connectivity index (χ2v) is 13.2. The standard InChI is InChI=1S/C32H42O4/c1-7-8-27(35)36-28-20(2)21-9-10-26-31(5,23(21)17-25(28)34)12-11-22-24-18-29(3,19-33)13-14-30(24,4)15-16-32(22,26)6/h9-11,17,24,33H,7-8,12-16,18-19H2,1-6H3/t24-,29+,30+,31-,32-/m0/s1. The molecule has 0 saturated heterocycles. The van der Waals surface area contributed by atoms with E-state index in [0.29, 0.717) is 24.2 Å². The Morgan fingerprint density at radius 2 is 1.81 bits per heavy atom. The Hall–Kier alpha value is -2.20. The van der Waals surface area contributed by atoms with Gasteiger partial charge in [0.15, 0.2) is 5.76 Å². The fourth-order valence-electron chi connectivity index (χ4n) is 8.03. The number of hydrogen-bond acceptors (Lipinski definition) is 4. The maximum atomic E-state index is 13.2. The molecule has 5 rings (SSSR count). The molecular weight excluding hydrogens is 448 g/mol. The zero-order valence-electron chi connectivity index (χ0n) is 22.9. The highest BCUT2D eigenvalue weighted by molar-refractivity contribution is 6.08. The number of ketones is 1. The fraction of sp³-hybridized carbons (Fsp3) is 0.625. The van der Waals surface area contributed by atoms with Crippen LogP contribution in [0, 0.1) is 27.6 Å². The molecule has 1 N–H and O–H groups in total. The van der Waals surface area contributed by atoms with Crippen molar-refractivity contribution in [3.8, 4) is 0 Å². The third-order valence-corrected chi connectivity index (χ3v) is 10.6. The number of rotatable bonds is 4. The van der Waals surface area contributed by atoms with Crippen LogP contribution in [-0.4, -0.2) is 23.5 Å². The monoisotopic (exact) mass is 490 g/mol. The predicted octanol–water partition coefficient (Wildman–Crippen LogP) is 6.92. The first-order chi connectivity index (χ1) is 16.9. The summed E-state index contributed by atoms with van der Waals surface area (Å²) in [4.78, 5) is 25.4. The van der Waals surface area contributed by atoms with Crippen molar-refractivity contribution in [3.63, 3.8) is 0 Å². The molecule has 4 nitrogen and oxygen atoms in total. The smallest absolute Gasteiger partial charge is 0.311 e. The van der Waals surface area contributed by atoms with Gasteiger partial charge in [0, 0.05) is 29.4 Å². The van der Waals surface area contributed by atoms with Crippen LogP contribution in [0.2, 0.25) is 0 Å². The summed E-state index contributed by atoms with van der Waals surface area (Å²) in [5.74, 6) is 0.113. The number of aliphatic hydroxyl groups is 1. The maximum absolute atomic E-state index is 13.2. The van der Waals surface area contributed by atoms with E-state index in [4.69, 9.17) is 4.74 Å². The minimum absolute atomic E-state index is 0.0100. The first kappa shape index (κ1) is 25.4. The molecule has 5 aliphatic rings. The Morgan fingerprint density at radius 3 is 2.50 bits per heavy atom. The van der Waals surface area contributed by atoms with Crippen LogP contribution in [-0.2, 0) is 14.3 Å². The van der Waals surface area contributed by atoms with Crippen molar-refractivity contribution in [2.24, 2.45) is 27.6 Å². The van der Waals surface area contributed by atoms with Crippen LogP contribution >= 0.6 is 0 Å². The third-order valence-electron chi connectivity index (χ3n) is 10.6. The first-order valence-corrected chi connectivity index (χ1v) is 13.8. The van der Waals surface area contributed by atoms with E-state index < -0.39 is 0 Å². The first-order valence-electron chi connectivity index (χ1n) is 13.8. The molecule has 4 heteroatoms. The minimum atomic E-state index is -0.346. The van der Waals surface area contributed by atoms with Crippen molar-refractivity contribution in [3.05, 3.63) is 57.9 Å². The second kappa shape index (κ2) is 8.41. The van der Waals surface area contributed by atoms with Crippen LogP contribution in [0.15, 0.2) is 57.9 Å². The molecule has 36 heavy (non-hydrogen) atoms. The van der Waals surface area contributed by atoms with Gasteiger partial charge in [0.05, 0.1) is 0 Å². The summed E-state index contributed by atoms with van der Waals surface area (Å²) in [6.07, 6.45) is 16.2. The quantitative estimate of drug-likeness (QED) is 0.343. The van der Waals surface area contributed by atoms with Gasteiger partial charge in [0.1, 0.15) is 0 Å². The van der Waals surface area contributed by atoms with Crippen molar-refractivity contribution in [1.82, 2.24) is 0 Å². The molecule has 0 amide bonds. The van der Waals surface area contributed by atoms with Gasteiger partial charge in [-0.1, -0.05) is 58.4 Å². The summed E-state index contributed by atoms with van der Waals surface area (Å²) >= 11 is 0. The Kier molecular flexibility index (Phi) is 5.95. The summed E-state index contributed by atoms with van der Waals surface area (Å²) in [5, 5.41) is 10.2. The van der Waals surface area contributed by atoms with Gasteiger partial charge in [-0.05, 0) is 91.4 Å². The van der Waals surface area contributed by atoms with Gasteiger partial charge in [-0.15, -0.1) is 0 Å². The summed E-state index contributed by atoms with van der Waals surface area (Å²) in [5.41, 5.74) is 5.78. The summed E-state index contributed by atoms with van der Waals surface area (Å²) < 4.78 is 5.53. The molecule has 0 spiro atoms. The number of fused-ring (bicyclic) bond motifs is 7. The topological polar surface area (TPSA) is 63.6 Å². The zero-order chi connectivity index (χ0) is 26.1. The molecule has 2 fully saturated rings. The molecule has 0 radical (unpaired) electrons. The normalized spacial score (nSPS) is 39.5. The average Bonchev–Trinajstić information content (AvgIpc) is 2.83. The van der Waals surface area contributed by atoms with E-state index in [1.165, 1.54) is 18.4 Å². The molecule has 2 saturated carbocycles. The summed E-state index contributed by atoms with van der Waals surface area (Å²) in [6, 6.07) is 0. The van der Waals surface area contributed by atoms with Crippen LogP contribution in [0.5, 0.6) is 0 Å². The molecule has 0 aromatic carbocycles. The Balaban J connectivity index is 1.56. The van der Waals surface area contributed by atoms with Gasteiger partial charge < -0.3 is 9.84 Å². The molecule has 0 heterocycles. The number of esters is 1. The van der Waals surface area contributed by atoms with Crippen LogP contribution in [0.25, 0.3) is 0 Å². The van der Waals surface area contributed by atoms with Crippen LogP contribution in [0.4, 0.5) is 0 Å². The van der Waals surface area contributed by atoms with Gasteiger partial charge in [0.2, 0.25) is 5.78 Å². The average molecular weight is 491 g/mol. The van der Waals surface area contributed by atoms with Crippen molar-refractivity contribution >= 4 is 11.8 Å². The number of aliphatic hydroxyl groups excluding tert-OH is 1. The molecule has 194 valence electrons. The predicted molar refractivity (Wildman–Crippen MR) is 142 cm³/mol. The van der Waals surface area contributed by atoms with Crippen molar-refractivity contribution in [1.29, 1.82) is 0 Å². The Morgan fingerprint density at radius 1 is 1.08 bits per heavy atom. The molecule has 0 aromatic rings. The van der Waals surface area contributed by atoms with Crippen molar-refractivity contribution < 1.29 is 19.4 Å². The highest BCUT2D eigenvalue weighted by atomic mass is 16.5. The molecule has 0 bridgehead atoms. The number of carbonyl (C=O) groups excluding carboxylic acids is 2. The molecule has 5 aliphatic carbocycles. The maximum Gasteiger partial charge on any atom is 0.311 e. The molecule has 0 aliphatic heterocycles. The van der Waals surface area contributed by atoms with E-state index in [0.717, 1.165) is 42.4 Å². The summed E-state index contributed by atoms with van der Waals surface area (Å²) in [7, 11) is 0. The summed E-state index contributed by atoms with van der Waals surface area (Å²) in [6.45, 7) is 13.5. The van der Waals surface area contributed by atoms with Crippen LogP contribution < -0.4 is 0 Å². The van der Waals surface area contributed by atoms with E-state index in [1.807, 2.05) is 13.8 Å². The van der Waals surface area contributed by atoms with E-state index >= 15 is 0 Å². The van der Waals surface area contributed by atoms with E-state index in [9.17, 15) is 14.7 Å². The van der Waals surface area contributed by atoms with Crippen molar-refractivity contribution in [2.75, 3.05) is 6.61 Å².